The number of nitrogens with zero attached hydrogens (tertiary/aromatic N) is 4. The van der Waals surface area contributed by atoms with E-state index in [1.165, 1.54) is 41.5 Å². The molecule has 3 aromatic heterocycles. The van der Waals surface area contributed by atoms with E-state index in [4.69, 9.17) is 0 Å². The van der Waals surface area contributed by atoms with Crippen molar-refractivity contribution in [2.45, 2.75) is 65.0 Å². The topological polar surface area (TPSA) is 69.9 Å². The Labute approximate surface area is 213 Å². The average Bonchev–Trinajstić information content (AvgIpc) is 2.87. The highest BCUT2D eigenvalue weighted by molar-refractivity contribution is 5.71. The summed E-state index contributed by atoms with van der Waals surface area (Å²) < 4.78 is 43.8. The molecule has 194 valence electrons. The molecule has 0 unspecified atom stereocenters. The van der Waals surface area contributed by atoms with Crippen LogP contribution in [0, 0.1) is 19.7 Å². The highest BCUT2D eigenvalue weighted by Gasteiger charge is 2.23. The summed E-state index contributed by atoms with van der Waals surface area (Å²) in [6.45, 7) is 0.671. The van der Waals surface area contributed by atoms with Crippen molar-refractivity contribution in [2.75, 3.05) is 0 Å². The average molecular weight is 511 g/mol. The van der Waals surface area contributed by atoms with Gasteiger partial charge < -0.3 is 4.74 Å². The quantitative estimate of drug-likeness (QED) is 0.314. The van der Waals surface area contributed by atoms with E-state index in [1.54, 1.807) is 19.2 Å². The van der Waals surface area contributed by atoms with Crippen LogP contribution in [0.25, 0.3) is 11.2 Å². The van der Waals surface area contributed by atoms with Crippen molar-refractivity contribution in [3.05, 3.63) is 93.5 Å². The fourth-order valence-corrected chi connectivity index (χ4v) is 4.59. The standard InChI is InChI=1S/C21H22F2N4O2.C7H7F/c1-13-11-25-16-10-15(14-6-3-2-4-7-14)20(28)27(19(16)26-13)12-17-18(29-21(22)23)8-5-9-24-17;1-6-3-2-4-7(8)5-6/h5,8-11,14,21H,2-4,6-7,12H2,1H3;2-5H,1H3. The molecule has 0 saturated heterocycles. The number of aryl methyl sites for hydroxylation is 2. The predicted molar refractivity (Wildman–Crippen MR) is 135 cm³/mol. The molecule has 1 saturated carbocycles. The fraction of sp³-hybridized carbons (Fsp3) is 0.357. The van der Waals surface area contributed by atoms with Gasteiger partial charge in [-0.15, -0.1) is 0 Å². The first-order chi connectivity index (χ1) is 17.8. The minimum absolute atomic E-state index is 0.0169. The fourth-order valence-electron chi connectivity index (χ4n) is 4.59. The molecule has 1 aliphatic carbocycles. The summed E-state index contributed by atoms with van der Waals surface area (Å²) in [4.78, 5) is 26.5. The van der Waals surface area contributed by atoms with Crippen LogP contribution in [0.2, 0.25) is 0 Å². The first kappa shape index (κ1) is 26.3. The first-order valence-corrected chi connectivity index (χ1v) is 12.3. The Balaban J connectivity index is 0.000000342. The van der Waals surface area contributed by atoms with Crippen LogP contribution in [-0.2, 0) is 6.54 Å². The van der Waals surface area contributed by atoms with Crippen molar-refractivity contribution in [3.8, 4) is 5.75 Å². The summed E-state index contributed by atoms with van der Waals surface area (Å²) in [5.74, 6) is -0.0354. The highest BCUT2D eigenvalue weighted by Crippen LogP contribution is 2.32. The summed E-state index contributed by atoms with van der Waals surface area (Å²) in [6.07, 6.45) is 8.44. The molecule has 1 aliphatic rings. The summed E-state index contributed by atoms with van der Waals surface area (Å²) in [7, 11) is 0. The molecule has 5 rings (SSSR count). The van der Waals surface area contributed by atoms with Crippen LogP contribution < -0.4 is 10.3 Å². The summed E-state index contributed by atoms with van der Waals surface area (Å²) in [6, 6.07) is 11.3. The molecule has 0 bridgehead atoms. The molecular weight excluding hydrogens is 481 g/mol. The number of alkyl halides is 2. The van der Waals surface area contributed by atoms with Crippen molar-refractivity contribution in [1.29, 1.82) is 0 Å². The first-order valence-electron chi connectivity index (χ1n) is 12.3. The smallest absolute Gasteiger partial charge is 0.387 e. The number of hydrogen-bond acceptors (Lipinski definition) is 5. The van der Waals surface area contributed by atoms with Gasteiger partial charge in [0, 0.05) is 18.0 Å². The molecule has 0 spiro atoms. The van der Waals surface area contributed by atoms with Gasteiger partial charge in [-0.05, 0) is 68.5 Å². The highest BCUT2D eigenvalue weighted by atomic mass is 19.3. The molecule has 37 heavy (non-hydrogen) atoms. The molecule has 3 heterocycles. The van der Waals surface area contributed by atoms with E-state index in [0.29, 0.717) is 22.4 Å². The third-order valence-corrected chi connectivity index (χ3v) is 6.34. The zero-order valence-electron chi connectivity index (χ0n) is 20.8. The summed E-state index contributed by atoms with van der Waals surface area (Å²) in [5, 5.41) is 0. The Bertz CT molecular complexity index is 1400. The number of benzene rings is 1. The summed E-state index contributed by atoms with van der Waals surface area (Å²) in [5.41, 5.74) is 3.46. The molecule has 0 atom stereocenters. The Morgan fingerprint density at radius 1 is 1.05 bits per heavy atom. The number of halogens is 3. The molecule has 1 aromatic carbocycles. The number of fused-ring (bicyclic) bond motifs is 1. The zero-order valence-corrected chi connectivity index (χ0v) is 20.8. The Morgan fingerprint density at radius 2 is 1.84 bits per heavy atom. The number of aromatic nitrogens is 4. The molecule has 9 heteroatoms. The third-order valence-electron chi connectivity index (χ3n) is 6.34. The lowest BCUT2D eigenvalue weighted by Gasteiger charge is -2.23. The largest absolute Gasteiger partial charge is 0.433 e. The van der Waals surface area contributed by atoms with E-state index >= 15 is 0 Å². The SMILES string of the molecule is Cc1cccc(F)c1.Cc1cnc2cc(C3CCCCC3)c(=O)n(Cc3ncccc3OC(F)F)c2n1. The van der Waals surface area contributed by atoms with E-state index in [0.717, 1.165) is 31.2 Å². The number of pyridine rings is 2. The summed E-state index contributed by atoms with van der Waals surface area (Å²) >= 11 is 0. The maximum absolute atomic E-state index is 13.4. The van der Waals surface area contributed by atoms with Crippen LogP contribution in [-0.4, -0.2) is 26.1 Å². The van der Waals surface area contributed by atoms with Gasteiger partial charge in [-0.25, -0.2) is 9.37 Å². The maximum Gasteiger partial charge on any atom is 0.387 e. The van der Waals surface area contributed by atoms with Crippen molar-refractivity contribution in [1.82, 2.24) is 19.5 Å². The van der Waals surface area contributed by atoms with Gasteiger partial charge >= 0.3 is 6.61 Å². The zero-order chi connectivity index (χ0) is 26.4. The van der Waals surface area contributed by atoms with Crippen LogP contribution in [0.1, 0.15) is 60.5 Å². The minimum atomic E-state index is -2.97. The lowest BCUT2D eigenvalue weighted by Crippen LogP contribution is -2.28. The van der Waals surface area contributed by atoms with Crippen LogP contribution in [0.5, 0.6) is 5.75 Å². The van der Waals surface area contributed by atoms with Gasteiger partial charge in [0.05, 0.1) is 12.2 Å². The second kappa shape index (κ2) is 12.0. The van der Waals surface area contributed by atoms with Gasteiger partial charge in [0.2, 0.25) is 0 Å². The Morgan fingerprint density at radius 3 is 2.51 bits per heavy atom. The predicted octanol–water partition coefficient (Wildman–Crippen LogP) is 6.33. The molecule has 4 aromatic rings. The van der Waals surface area contributed by atoms with E-state index < -0.39 is 6.61 Å². The molecule has 0 amide bonds. The molecule has 0 aliphatic heterocycles. The van der Waals surface area contributed by atoms with Gasteiger partial charge in [-0.1, -0.05) is 31.4 Å². The van der Waals surface area contributed by atoms with Crippen molar-refractivity contribution in [2.24, 2.45) is 0 Å². The van der Waals surface area contributed by atoms with Gasteiger partial charge in [-0.2, -0.15) is 8.78 Å². The van der Waals surface area contributed by atoms with Crippen LogP contribution >= 0.6 is 0 Å². The molecule has 0 N–H and O–H groups in total. The van der Waals surface area contributed by atoms with E-state index in [1.807, 2.05) is 19.1 Å². The van der Waals surface area contributed by atoms with Crippen LogP contribution in [0.3, 0.4) is 0 Å². The molecule has 0 radical (unpaired) electrons. The van der Waals surface area contributed by atoms with Crippen molar-refractivity contribution in [3.63, 3.8) is 0 Å². The number of rotatable bonds is 5. The van der Waals surface area contributed by atoms with Gasteiger partial charge in [0.1, 0.15) is 22.8 Å². The monoisotopic (exact) mass is 510 g/mol. The van der Waals surface area contributed by atoms with Gasteiger partial charge in [-0.3, -0.25) is 19.3 Å². The van der Waals surface area contributed by atoms with Gasteiger partial charge in [0.15, 0.2) is 5.65 Å². The Hall–Kier alpha value is -3.75. The third kappa shape index (κ3) is 6.72. The van der Waals surface area contributed by atoms with Crippen LogP contribution in [0.4, 0.5) is 13.2 Å². The van der Waals surface area contributed by atoms with Gasteiger partial charge in [0.25, 0.3) is 5.56 Å². The van der Waals surface area contributed by atoms with E-state index in [-0.39, 0.29) is 35.3 Å². The van der Waals surface area contributed by atoms with Crippen molar-refractivity contribution >= 4 is 11.2 Å². The second-order valence-electron chi connectivity index (χ2n) is 9.17. The number of ether oxygens (including phenoxy) is 1. The normalized spacial score (nSPS) is 13.9. The maximum atomic E-state index is 13.4. The minimum Gasteiger partial charge on any atom is -0.433 e. The van der Waals surface area contributed by atoms with Crippen LogP contribution in [0.15, 0.2) is 59.7 Å². The number of hydrogen-bond donors (Lipinski definition) is 0. The Kier molecular flexibility index (Phi) is 8.53. The lowest BCUT2D eigenvalue weighted by molar-refractivity contribution is -0.0507. The molecule has 6 nitrogen and oxygen atoms in total. The molecule has 1 fully saturated rings. The van der Waals surface area contributed by atoms with E-state index in [9.17, 15) is 18.0 Å². The molecular formula is C28H29F3N4O2. The van der Waals surface area contributed by atoms with E-state index in [2.05, 4.69) is 19.7 Å². The van der Waals surface area contributed by atoms with Crippen molar-refractivity contribution < 1.29 is 17.9 Å². The second-order valence-corrected chi connectivity index (χ2v) is 9.17. The lowest BCUT2D eigenvalue weighted by atomic mass is 9.84.